The van der Waals surface area contributed by atoms with Crippen molar-refractivity contribution >= 4 is 15.9 Å². The Labute approximate surface area is 92.8 Å². The van der Waals surface area contributed by atoms with Crippen LogP contribution >= 0.6 is 15.9 Å². The van der Waals surface area contributed by atoms with Gasteiger partial charge in [-0.1, -0.05) is 6.92 Å². The van der Waals surface area contributed by atoms with Crippen LogP contribution in [0, 0.1) is 12.8 Å². The molecule has 2 nitrogen and oxygen atoms in total. The van der Waals surface area contributed by atoms with Crippen LogP contribution in [0.4, 0.5) is 0 Å². The Hall–Kier alpha value is -0.570. The van der Waals surface area contributed by atoms with Crippen molar-refractivity contribution in [1.82, 2.24) is 4.98 Å². The van der Waals surface area contributed by atoms with E-state index in [0.29, 0.717) is 6.10 Å². The predicted octanol–water partition coefficient (Wildman–Crippen LogP) is 3.33. The molecule has 0 spiro atoms. The maximum Gasteiger partial charge on any atom is 0.213 e. The first kappa shape index (κ1) is 9.97. The molecular formula is C11H14BrNO. The van der Waals surface area contributed by atoms with Crippen LogP contribution in [0.15, 0.2) is 16.6 Å². The Bertz CT molecular complexity index is 334. The second-order valence-corrected chi connectivity index (χ2v) is 4.89. The number of aryl methyl sites for hydroxylation is 1. The molecule has 76 valence electrons. The van der Waals surface area contributed by atoms with Crippen molar-refractivity contribution in [2.24, 2.45) is 5.92 Å². The summed E-state index contributed by atoms with van der Waals surface area (Å²) in [5.74, 6) is 1.57. The first-order valence-electron chi connectivity index (χ1n) is 4.95. The summed E-state index contributed by atoms with van der Waals surface area (Å²) in [5, 5.41) is 0. The molecule has 0 amide bonds. The van der Waals surface area contributed by atoms with E-state index in [2.05, 4.69) is 27.8 Å². The van der Waals surface area contributed by atoms with Gasteiger partial charge in [-0.3, -0.25) is 0 Å². The molecule has 0 unspecified atom stereocenters. The van der Waals surface area contributed by atoms with Crippen molar-refractivity contribution in [3.63, 3.8) is 0 Å². The predicted molar refractivity (Wildman–Crippen MR) is 59.5 cm³/mol. The number of hydrogen-bond acceptors (Lipinski definition) is 2. The number of ether oxygens (including phenoxy) is 1. The number of hydrogen-bond donors (Lipinski definition) is 0. The van der Waals surface area contributed by atoms with Crippen molar-refractivity contribution in [2.75, 3.05) is 0 Å². The van der Waals surface area contributed by atoms with Crippen LogP contribution in [0.1, 0.15) is 25.5 Å². The molecule has 0 radical (unpaired) electrons. The molecule has 0 saturated heterocycles. The summed E-state index contributed by atoms with van der Waals surface area (Å²) >= 11 is 3.42. The lowest BCUT2D eigenvalue weighted by Crippen LogP contribution is -2.32. The topological polar surface area (TPSA) is 22.1 Å². The van der Waals surface area contributed by atoms with Crippen molar-refractivity contribution in [3.05, 3.63) is 22.3 Å². The molecule has 1 aliphatic carbocycles. The zero-order valence-electron chi connectivity index (χ0n) is 8.46. The third-order valence-electron chi connectivity index (χ3n) is 2.61. The van der Waals surface area contributed by atoms with Gasteiger partial charge in [-0.2, -0.15) is 0 Å². The highest BCUT2D eigenvalue weighted by Gasteiger charge is 2.27. The number of aromatic nitrogens is 1. The maximum absolute atomic E-state index is 5.72. The Morgan fingerprint density at radius 3 is 2.71 bits per heavy atom. The molecule has 1 aromatic rings. The Morgan fingerprint density at radius 1 is 1.43 bits per heavy atom. The number of halogens is 1. The molecule has 1 aliphatic rings. The molecular weight excluding hydrogens is 242 g/mol. The highest BCUT2D eigenvalue weighted by molar-refractivity contribution is 9.10. The molecule has 1 aromatic heterocycles. The second-order valence-electron chi connectivity index (χ2n) is 4.03. The smallest absolute Gasteiger partial charge is 0.213 e. The van der Waals surface area contributed by atoms with E-state index in [1.54, 1.807) is 0 Å². The normalized spacial score (nSPS) is 25.6. The van der Waals surface area contributed by atoms with Crippen LogP contribution < -0.4 is 4.74 Å². The first-order valence-corrected chi connectivity index (χ1v) is 5.74. The zero-order chi connectivity index (χ0) is 10.1. The minimum absolute atomic E-state index is 0.387. The highest BCUT2D eigenvalue weighted by atomic mass is 79.9. The largest absolute Gasteiger partial charge is 0.474 e. The first-order chi connectivity index (χ1) is 6.65. The van der Waals surface area contributed by atoms with E-state index in [1.165, 1.54) is 0 Å². The summed E-state index contributed by atoms with van der Waals surface area (Å²) in [6, 6.07) is 3.90. The fraction of sp³-hybridized carbons (Fsp3) is 0.545. The fourth-order valence-corrected chi connectivity index (χ4v) is 1.90. The third-order valence-corrected chi connectivity index (χ3v) is 3.45. The number of nitrogens with zero attached hydrogens (tertiary/aromatic N) is 1. The number of pyridine rings is 1. The van der Waals surface area contributed by atoms with Crippen LogP contribution in [-0.4, -0.2) is 11.1 Å². The molecule has 2 rings (SSSR count). The van der Waals surface area contributed by atoms with Crippen LogP contribution in [0.3, 0.4) is 0 Å². The van der Waals surface area contributed by atoms with Gasteiger partial charge in [0.15, 0.2) is 0 Å². The van der Waals surface area contributed by atoms with Crippen molar-refractivity contribution in [1.29, 1.82) is 0 Å². The summed E-state index contributed by atoms with van der Waals surface area (Å²) in [5.41, 5.74) is 0.981. The van der Waals surface area contributed by atoms with E-state index in [-0.39, 0.29) is 0 Å². The minimum atomic E-state index is 0.387. The van der Waals surface area contributed by atoms with E-state index in [1.807, 2.05) is 19.1 Å². The van der Waals surface area contributed by atoms with Crippen molar-refractivity contribution < 1.29 is 4.74 Å². The van der Waals surface area contributed by atoms with E-state index in [4.69, 9.17) is 4.74 Å². The van der Waals surface area contributed by atoms with Gasteiger partial charge in [0.25, 0.3) is 0 Å². The quantitative estimate of drug-likeness (QED) is 0.809. The highest BCUT2D eigenvalue weighted by Crippen LogP contribution is 2.30. The minimum Gasteiger partial charge on any atom is -0.474 e. The Morgan fingerprint density at radius 2 is 2.14 bits per heavy atom. The monoisotopic (exact) mass is 255 g/mol. The van der Waals surface area contributed by atoms with E-state index < -0.39 is 0 Å². The lowest BCUT2D eigenvalue weighted by Gasteiger charge is -2.32. The van der Waals surface area contributed by atoms with Crippen LogP contribution in [0.2, 0.25) is 0 Å². The van der Waals surface area contributed by atoms with E-state index in [0.717, 1.165) is 34.8 Å². The summed E-state index contributed by atoms with van der Waals surface area (Å²) in [7, 11) is 0. The van der Waals surface area contributed by atoms with Crippen molar-refractivity contribution in [3.8, 4) is 5.88 Å². The summed E-state index contributed by atoms with van der Waals surface area (Å²) in [6.45, 7) is 4.22. The Balaban J connectivity index is 2.00. The summed E-state index contributed by atoms with van der Waals surface area (Å²) in [6.07, 6.45) is 2.71. The average molecular weight is 256 g/mol. The van der Waals surface area contributed by atoms with Crippen molar-refractivity contribution in [2.45, 2.75) is 32.8 Å². The van der Waals surface area contributed by atoms with Gasteiger partial charge in [0.05, 0.1) is 5.69 Å². The maximum atomic E-state index is 5.72. The molecule has 1 heterocycles. The fourth-order valence-electron chi connectivity index (χ4n) is 1.68. The standard InChI is InChI=1S/C11H14BrNO/c1-7-5-9(6-7)14-11-4-3-10(12)8(2)13-11/h3-4,7,9H,5-6H2,1-2H3. The molecule has 14 heavy (non-hydrogen) atoms. The SMILES string of the molecule is Cc1nc(OC2CC(C)C2)ccc1Br. The Kier molecular flexibility index (Phi) is 2.77. The molecule has 1 fully saturated rings. The van der Waals surface area contributed by atoms with Gasteiger partial charge < -0.3 is 4.74 Å². The molecule has 3 heteroatoms. The van der Waals surface area contributed by atoms with Gasteiger partial charge in [0.1, 0.15) is 6.10 Å². The van der Waals surface area contributed by atoms with Gasteiger partial charge in [0, 0.05) is 10.5 Å². The van der Waals surface area contributed by atoms with E-state index >= 15 is 0 Å². The lowest BCUT2D eigenvalue weighted by atomic mass is 9.84. The molecule has 0 bridgehead atoms. The molecule has 0 aliphatic heterocycles. The number of rotatable bonds is 2. The average Bonchev–Trinajstić information content (AvgIpc) is 2.09. The van der Waals surface area contributed by atoms with Gasteiger partial charge in [-0.05, 0) is 47.7 Å². The van der Waals surface area contributed by atoms with Crippen LogP contribution in [0.5, 0.6) is 5.88 Å². The molecule has 0 atom stereocenters. The zero-order valence-corrected chi connectivity index (χ0v) is 10.0. The second kappa shape index (κ2) is 3.89. The summed E-state index contributed by atoms with van der Waals surface area (Å²) in [4.78, 5) is 4.35. The van der Waals surface area contributed by atoms with E-state index in [9.17, 15) is 0 Å². The van der Waals surface area contributed by atoms with Crippen LogP contribution in [-0.2, 0) is 0 Å². The van der Waals surface area contributed by atoms with Gasteiger partial charge in [-0.15, -0.1) is 0 Å². The van der Waals surface area contributed by atoms with Gasteiger partial charge in [0.2, 0.25) is 5.88 Å². The molecule has 0 aromatic carbocycles. The molecule has 1 saturated carbocycles. The third kappa shape index (κ3) is 2.08. The van der Waals surface area contributed by atoms with Crippen LogP contribution in [0.25, 0.3) is 0 Å². The van der Waals surface area contributed by atoms with Gasteiger partial charge >= 0.3 is 0 Å². The summed E-state index contributed by atoms with van der Waals surface area (Å²) < 4.78 is 6.76. The van der Waals surface area contributed by atoms with Gasteiger partial charge in [-0.25, -0.2) is 4.98 Å². The molecule has 0 N–H and O–H groups in total. The lowest BCUT2D eigenvalue weighted by molar-refractivity contribution is 0.0694.